The largest absolute Gasteiger partial charge is 0.507 e. The molecule has 1 heterocycles. The number of aromatic nitrogens is 2. The summed E-state index contributed by atoms with van der Waals surface area (Å²) in [4.78, 5) is 8.50. The van der Waals surface area contributed by atoms with E-state index in [1.54, 1.807) is 44.6 Å². The number of benzene rings is 2. The summed E-state index contributed by atoms with van der Waals surface area (Å²) in [6.07, 6.45) is 0. The molecular formula is C18H17N3O3. The molecule has 1 aromatic heterocycles. The third kappa shape index (κ3) is 2.94. The SMILES string of the molecule is COc1ccc(-c2cc(-c3ccccc3O)nc(N)n2)cc1OC. The van der Waals surface area contributed by atoms with E-state index in [4.69, 9.17) is 15.2 Å². The van der Waals surface area contributed by atoms with Crippen molar-refractivity contribution in [2.24, 2.45) is 0 Å². The standard InChI is InChI=1S/C18H17N3O3/c1-23-16-8-7-11(9-17(16)24-2)13-10-14(21-18(19)20-13)12-5-3-4-6-15(12)22/h3-10,22H,1-2H3,(H2,19,20,21). The van der Waals surface area contributed by atoms with E-state index in [1.807, 2.05) is 18.2 Å². The molecule has 0 saturated heterocycles. The molecule has 0 aliphatic heterocycles. The Labute approximate surface area is 139 Å². The molecule has 2 aromatic carbocycles. The van der Waals surface area contributed by atoms with E-state index in [0.717, 1.165) is 5.56 Å². The van der Waals surface area contributed by atoms with E-state index in [-0.39, 0.29) is 11.7 Å². The summed E-state index contributed by atoms with van der Waals surface area (Å²) in [5.74, 6) is 1.48. The number of nitrogen functional groups attached to an aromatic ring is 1. The number of phenols is 1. The van der Waals surface area contributed by atoms with Crippen molar-refractivity contribution in [3.63, 3.8) is 0 Å². The van der Waals surface area contributed by atoms with Crippen LogP contribution in [0.4, 0.5) is 5.95 Å². The van der Waals surface area contributed by atoms with Crippen LogP contribution in [0.3, 0.4) is 0 Å². The van der Waals surface area contributed by atoms with Gasteiger partial charge < -0.3 is 20.3 Å². The average molecular weight is 323 g/mol. The van der Waals surface area contributed by atoms with Crippen molar-refractivity contribution in [3.8, 4) is 39.8 Å². The van der Waals surface area contributed by atoms with Crippen molar-refractivity contribution in [2.45, 2.75) is 0 Å². The third-order valence-corrected chi connectivity index (χ3v) is 3.60. The minimum Gasteiger partial charge on any atom is -0.507 e. The molecule has 3 rings (SSSR count). The number of anilines is 1. The first-order valence-electron chi connectivity index (χ1n) is 7.27. The molecule has 0 unspecified atom stereocenters. The monoisotopic (exact) mass is 323 g/mol. The molecule has 24 heavy (non-hydrogen) atoms. The fourth-order valence-corrected chi connectivity index (χ4v) is 2.44. The summed E-state index contributed by atoms with van der Waals surface area (Å²) >= 11 is 0. The van der Waals surface area contributed by atoms with Crippen LogP contribution in [0.15, 0.2) is 48.5 Å². The number of nitrogens with two attached hydrogens (primary N) is 1. The fraction of sp³-hybridized carbons (Fsp3) is 0.111. The zero-order valence-electron chi connectivity index (χ0n) is 13.4. The maximum Gasteiger partial charge on any atom is 0.221 e. The fourth-order valence-electron chi connectivity index (χ4n) is 2.44. The Morgan fingerprint density at radius 3 is 2.29 bits per heavy atom. The lowest BCUT2D eigenvalue weighted by atomic mass is 10.1. The van der Waals surface area contributed by atoms with Crippen molar-refractivity contribution < 1.29 is 14.6 Å². The Hall–Kier alpha value is -3.28. The summed E-state index contributed by atoms with van der Waals surface area (Å²) in [5, 5.41) is 10.0. The number of phenolic OH excluding ortho intramolecular Hbond substituents is 1. The highest BCUT2D eigenvalue weighted by Gasteiger charge is 2.12. The van der Waals surface area contributed by atoms with Gasteiger partial charge in [0, 0.05) is 11.1 Å². The number of hydrogen-bond acceptors (Lipinski definition) is 6. The number of aromatic hydroxyl groups is 1. The Balaban J connectivity index is 2.11. The van der Waals surface area contributed by atoms with Crippen molar-refractivity contribution in [2.75, 3.05) is 20.0 Å². The lowest BCUT2D eigenvalue weighted by molar-refractivity contribution is 0.355. The zero-order valence-corrected chi connectivity index (χ0v) is 13.4. The highest BCUT2D eigenvalue weighted by atomic mass is 16.5. The maximum absolute atomic E-state index is 10.0. The van der Waals surface area contributed by atoms with Crippen LogP contribution in [-0.2, 0) is 0 Å². The molecule has 0 radical (unpaired) electrons. The van der Waals surface area contributed by atoms with Crippen LogP contribution < -0.4 is 15.2 Å². The molecule has 0 bridgehead atoms. The zero-order chi connectivity index (χ0) is 17.1. The summed E-state index contributed by atoms with van der Waals surface area (Å²) in [6, 6.07) is 14.2. The van der Waals surface area contributed by atoms with Gasteiger partial charge in [0.1, 0.15) is 5.75 Å². The Morgan fingerprint density at radius 1 is 0.875 bits per heavy atom. The van der Waals surface area contributed by atoms with Crippen LogP contribution >= 0.6 is 0 Å². The first-order valence-corrected chi connectivity index (χ1v) is 7.27. The van der Waals surface area contributed by atoms with Gasteiger partial charge in [-0.05, 0) is 36.4 Å². The first-order chi connectivity index (χ1) is 11.6. The molecule has 3 N–H and O–H groups in total. The number of nitrogens with zero attached hydrogens (tertiary/aromatic N) is 2. The van der Waals surface area contributed by atoms with Crippen molar-refractivity contribution >= 4 is 5.95 Å². The number of methoxy groups -OCH3 is 2. The second kappa shape index (κ2) is 6.45. The summed E-state index contributed by atoms with van der Waals surface area (Å²) in [7, 11) is 3.15. The van der Waals surface area contributed by atoms with Gasteiger partial charge in [-0.25, -0.2) is 9.97 Å². The van der Waals surface area contributed by atoms with Gasteiger partial charge in [-0.3, -0.25) is 0 Å². The van der Waals surface area contributed by atoms with Gasteiger partial charge in [0.25, 0.3) is 0 Å². The Morgan fingerprint density at radius 2 is 1.58 bits per heavy atom. The Kier molecular flexibility index (Phi) is 4.20. The second-order valence-electron chi connectivity index (χ2n) is 5.08. The molecule has 0 fully saturated rings. The van der Waals surface area contributed by atoms with Crippen LogP contribution in [0.2, 0.25) is 0 Å². The van der Waals surface area contributed by atoms with E-state index < -0.39 is 0 Å². The van der Waals surface area contributed by atoms with Gasteiger partial charge in [0.05, 0.1) is 25.6 Å². The van der Waals surface area contributed by atoms with Crippen LogP contribution in [0.5, 0.6) is 17.2 Å². The number of para-hydroxylation sites is 1. The summed E-state index contributed by atoms with van der Waals surface area (Å²) < 4.78 is 10.6. The minimum atomic E-state index is 0.125. The first kappa shape index (κ1) is 15.6. The van der Waals surface area contributed by atoms with Gasteiger partial charge >= 0.3 is 0 Å². The molecule has 6 nitrogen and oxygen atoms in total. The minimum absolute atomic E-state index is 0.125. The van der Waals surface area contributed by atoms with Crippen LogP contribution in [-0.4, -0.2) is 29.3 Å². The Bertz CT molecular complexity index is 881. The molecule has 0 aliphatic rings. The highest BCUT2D eigenvalue weighted by molar-refractivity contribution is 5.73. The summed E-state index contributed by atoms with van der Waals surface area (Å²) in [5.41, 5.74) is 8.42. The molecule has 0 spiro atoms. The topological polar surface area (TPSA) is 90.5 Å². The molecule has 3 aromatic rings. The van der Waals surface area contributed by atoms with Gasteiger partial charge in [0.15, 0.2) is 11.5 Å². The molecule has 0 aliphatic carbocycles. The maximum atomic E-state index is 10.0. The molecular weight excluding hydrogens is 306 g/mol. The molecule has 0 atom stereocenters. The molecule has 0 saturated carbocycles. The van der Waals surface area contributed by atoms with E-state index in [1.165, 1.54) is 0 Å². The van der Waals surface area contributed by atoms with Gasteiger partial charge in [-0.1, -0.05) is 12.1 Å². The van der Waals surface area contributed by atoms with Crippen LogP contribution in [0.1, 0.15) is 0 Å². The van der Waals surface area contributed by atoms with Crippen molar-refractivity contribution in [1.82, 2.24) is 9.97 Å². The second-order valence-corrected chi connectivity index (χ2v) is 5.08. The van der Waals surface area contributed by atoms with Gasteiger partial charge in [-0.2, -0.15) is 0 Å². The predicted molar refractivity (Wildman–Crippen MR) is 92.1 cm³/mol. The van der Waals surface area contributed by atoms with Gasteiger partial charge in [0.2, 0.25) is 5.95 Å². The molecule has 122 valence electrons. The van der Waals surface area contributed by atoms with E-state index in [2.05, 4.69) is 9.97 Å². The van der Waals surface area contributed by atoms with E-state index >= 15 is 0 Å². The number of ether oxygens (including phenoxy) is 2. The number of hydrogen-bond donors (Lipinski definition) is 2. The van der Waals surface area contributed by atoms with E-state index in [0.29, 0.717) is 28.5 Å². The van der Waals surface area contributed by atoms with E-state index in [9.17, 15) is 5.11 Å². The number of rotatable bonds is 4. The van der Waals surface area contributed by atoms with Crippen molar-refractivity contribution in [3.05, 3.63) is 48.5 Å². The molecule has 0 amide bonds. The normalized spacial score (nSPS) is 10.4. The lowest BCUT2D eigenvalue weighted by Crippen LogP contribution is -1.99. The smallest absolute Gasteiger partial charge is 0.221 e. The quantitative estimate of drug-likeness (QED) is 0.766. The third-order valence-electron chi connectivity index (χ3n) is 3.60. The average Bonchev–Trinajstić information content (AvgIpc) is 2.61. The van der Waals surface area contributed by atoms with Crippen LogP contribution in [0.25, 0.3) is 22.5 Å². The highest BCUT2D eigenvalue weighted by Crippen LogP contribution is 2.34. The van der Waals surface area contributed by atoms with Gasteiger partial charge in [-0.15, -0.1) is 0 Å². The molecule has 6 heteroatoms. The van der Waals surface area contributed by atoms with Crippen molar-refractivity contribution in [1.29, 1.82) is 0 Å². The summed E-state index contributed by atoms with van der Waals surface area (Å²) in [6.45, 7) is 0. The predicted octanol–water partition coefficient (Wildman–Crippen LogP) is 3.12. The van der Waals surface area contributed by atoms with Crippen LogP contribution in [0, 0.1) is 0 Å². The lowest BCUT2D eigenvalue weighted by Gasteiger charge is -2.11.